The topological polar surface area (TPSA) is 87.1 Å². The molecule has 0 aliphatic carbocycles. The number of amides is 1. The Morgan fingerprint density at radius 1 is 1.04 bits per heavy atom. The lowest BCUT2D eigenvalue weighted by atomic mass is 10.2. The number of hydrogen-bond acceptors (Lipinski definition) is 5. The Bertz CT molecular complexity index is 854. The number of aromatic nitrogens is 2. The van der Waals surface area contributed by atoms with Crippen molar-refractivity contribution in [3.8, 4) is 5.75 Å². The number of aromatic hydroxyl groups is 1. The van der Waals surface area contributed by atoms with E-state index in [1.165, 1.54) is 24.3 Å². The van der Waals surface area contributed by atoms with Crippen molar-refractivity contribution in [3.63, 3.8) is 0 Å². The SMILES string of the molecule is O=C(Nc1ncc(Br)c(Nc2ccccc2)n1)c1ccc(O)cc1. The standard InChI is InChI=1S/C17H13BrN4O2/c18-14-10-19-17(21-15(14)20-12-4-2-1-3-5-12)22-16(24)11-6-8-13(23)9-7-11/h1-10,23H,(H2,19,20,21,22,24). The fraction of sp³-hybridized carbons (Fsp3) is 0. The van der Waals surface area contributed by atoms with Crippen molar-refractivity contribution in [2.24, 2.45) is 0 Å². The van der Waals surface area contributed by atoms with Crippen LogP contribution in [-0.4, -0.2) is 21.0 Å². The third kappa shape index (κ3) is 3.88. The van der Waals surface area contributed by atoms with Crippen LogP contribution in [0.2, 0.25) is 0 Å². The third-order valence-electron chi connectivity index (χ3n) is 3.14. The van der Waals surface area contributed by atoms with Gasteiger partial charge in [-0.1, -0.05) is 18.2 Å². The number of phenolic OH excluding ortho intramolecular Hbond substituents is 1. The van der Waals surface area contributed by atoms with Crippen LogP contribution in [0.4, 0.5) is 17.5 Å². The Balaban J connectivity index is 1.78. The molecule has 0 aliphatic heterocycles. The minimum Gasteiger partial charge on any atom is -0.508 e. The van der Waals surface area contributed by atoms with Gasteiger partial charge in [0.1, 0.15) is 11.6 Å². The first-order chi connectivity index (χ1) is 11.6. The molecule has 1 heterocycles. The van der Waals surface area contributed by atoms with Crippen molar-refractivity contribution in [3.05, 3.63) is 70.8 Å². The van der Waals surface area contributed by atoms with Crippen LogP contribution in [0.25, 0.3) is 0 Å². The van der Waals surface area contributed by atoms with Crippen LogP contribution in [0.5, 0.6) is 5.75 Å². The summed E-state index contributed by atoms with van der Waals surface area (Å²) in [4.78, 5) is 20.6. The highest BCUT2D eigenvalue weighted by molar-refractivity contribution is 9.10. The summed E-state index contributed by atoms with van der Waals surface area (Å²) in [5.41, 5.74) is 1.27. The maximum Gasteiger partial charge on any atom is 0.258 e. The molecule has 2 aromatic carbocycles. The second kappa shape index (κ2) is 7.10. The predicted molar refractivity (Wildman–Crippen MR) is 95.5 cm³/mol. The summed E-state index contributed by atoms with van der Waals surface area (Å²) in [5.74, 6) is 0.454. The van der Waals surface area contributed by atoms with Crippen LogP contribution < -0.4 is 10.6 Å². The molecule has 1 amide bonds. The Hall–Kier alpha value is -2.93. The molecule has 0 aliphatic rings. The molecule has 1 aromatic heterocycles. The zero-order valence-electron chi connectivity index (χ0n) is 12.4. The van der Waals surface area contributed by atoms with Crippen LogP contribution in [0.3, 0.4) is 0 Å². The first-order valence-corrected chi connectivity index (χ1v) is 7.86. The Morgan fingerprint density at radius 3 is 2.46 bits per heavy atom. The molecule has 0 spiro atoms. The zero-order chi connectivity index (χ0) is 16.9. The number of hydrogen-bond donors (Lipinski definition) is 3. The molecule has 3 rings (SSSR count). The van der Waals surface area contributed by atoms with E-state index in [1.54, 1.807) is 6.20 Å². The van der Waals surface area contributed by atoms with E-state index in [4.69, 9.17) is 0 Å². The number of benzene rings is 2. The molecule has 0 unspecified atom stereocenters. The summed E-state index contributed by atoms with van der Waals surface area (Å²) in [6, 6.07) is 15.5. The molecule has 0 atom stereocenters. The summed E-state index contributed by atoms with van der Waals surface area (Å²) in [7, 11) is 0. The number of carbonyl (C=O) groups is 1. The van der Waals surface area contributed by atoms with Gasteiger partial charge in [-0.25, -0.2) is 4.98 Å². The Kier molecular flexibility index (Phi) is 4.72. The highest BCUT2D eigenvalue weighted by Gasteiger charge is 2.10. The second-order valence-electron chi connectivity index (χ2n) is 4.88. The second-order valence-corrected chi connectivity index (χ2v) is 5.74. The van der Waals surface area contributed by atoms with Gasteiger partial charge in [-0.05, 0) is 52.3 Å². The number of nitrogens with zero attached hydrogens (tertiary/aromatic N) is 2. The number of rotatable bonds is 4. The van der Waals surface area contributed by atoms with Crippen LogP contribution in [0, 0.1) is 0 Å². The van der Waals surface area contributed by atoms with Crippen molar-refractivity contribution in [1.82, 2.24) is 9.97 Å². The lowest BCUT2D eigenvalue weighted by Gasteiger charge is -2.09. The van der Waals surface area contributed by atoms with Gasteiger partial charge < -0.3 is 10.4 Å². The molecule has 0 fully saturated rings. The molecule has 0 saturated heterocycles. The van der Waals surface area contributed by atoms with E-state index in [9.17, 15) is 9.90 Å². The van der Waals surface area contributed by atoms with Gasteiger partial charge in [0, 0.05) is 17.4 Å². The third-order valence-corrected chi connectivity index (χ3v) is 3.72. The summed E-state index contributed by atoms with van der Waals surface area (Å²) >= 11 is 3.38. The molecule has 0 saturated carbocycles. The molecule has 0 radical (unpaired) electrons. The van der Waals surface area contributed by atoms with Crippen molar-refractivity contribution in [1.29, 1.82) is 0 Å². The summed E-state index contributed by atoms with van der Waals surface area (Å²) in [5, 5.41) is 15.0. The van der Waals surface area contributed by atoms with E-state index in [-0.39, 0.29) is 17.6 Å². The minimum absolute atomic E-state index is 0.0980. The van der Waals surface area contributed by atoms with Crippen LogP contribution in [-0.2, 0) is 0 Å². The van der Waals surface area contributed by atoms with Crippen LogP contribution >= 0.6 is 15.9 Å². The number of halogens is 1. The van der Waals surface area contributed by atoms with E-state index < -0.39 is 0 Å². The highest BCUT2D eigenvalue weighted by atomic mass is 79.9. The van der Waals surface area contributed by atoms with Crippen LogP contribution in [0.1, 0.15) is 10.4 Å². The van der Waals surface area contributed by atoms with Crippen molar-refractivity contribution >= 4 is 39.3 Å². The van der Waals surface area contributed by atoms with E-state index in [2.05, 4.69) is 36.5 Å². The highest BCUT2D eigenvalue weighted by Crippen LogP contribution is 2.24. The maximum absolute atomic E-state index is 12.2. The molecular weight excluding hydrogens is 372 g/mol. The van der Waals surface area contributed by atoms with Crippen molar-refractivity contribution in [2.45, 2.75) is 0 Å². The first kappa shape index (κ1) is 15.9. The fourth-order valence-electron chi connectivity index (χ4n) is 1.96. The van der Waals surface area contributed by atoms with E-state index >= 15 is 0 Å². The molecular formula is C17H13BrN4O2. The van der Waals surface area contributed by atoms with Gasteiger partial charge in [0.25, 0.3) is 5.91 Å². The van der Waals surface area contributed by atoms with Gasteiger partial charge in [0.15, 0.2) is 0 Å². The lowest BCUT2D eigenvalue weighted by molar-refractivity contribution is 0.102. The Labute approximate surface area is 146 Å². The fourth-order valence-corrected chi connectivity index (χ4v) is 2.25. The van der Waals surface area contributed by atoms with E-state index in [1.807, 2.05) is 30.3 Å². The first-order valence-electron chi connectivity index (χ1n) is 7.07. The summed E-state index contributed by atoms with van der Waals surface area (Å²) in [6.45, 7) is 0. The normalized spacial score (nSPS) is 10.2. The number of phenols is 1. The van der Waals surface area contributed by atoms with Gasteiger partial charge in [-0.3, -0.25) is 10.1 Å². The van der Waals surface area contributed by atoms with Gasteiger partial charge in [0.2, 0.25) is 5.95 Å². The molecule has 7 heteroatoms. The average Bonchev–Trinajstić information content (AvgIpc) is 2.59. The number of para-hydroxylation sites is 1. The zero-order valence-corrected chi connectivity index (χ0v) is 14.0. The molecule has 0 bridgehead atoms. The maximum atomic E-state index is 12.2. The predicted octanol–water partition coefficient (Wildman–Crippen LogP) is 3.94. The molecule has 24 heavy (non-hydrogen) atoms. The molecule has 3 aromatic rings. The molecule has 3 N–H and O–H groups in total. The van der Waals surface area contributed by atoms with Gasteiger partial charge in [0.05, 0.1) is 4.47 Å². The number of anilines is 3. The smallest absolute Gasteiger partial charge is 0.258 e. The van der Waals surface area contributed by atoms with Gasteiger partial charge in [-0.15, -0.1) is 0 Å². The monoisotopic (exact) mass is 384 g/mol. The van der Waals surface area contributed by atoms with Crippen LogP contribution in [0.15, 0.2) is 65.3 Å². The minimum atomic E-state index is -0.358. The Morgan fingerprint density at radius 2 is 1.75 bits per heavy atom. The largest absolute Gasteiger partial charge is 0.508 e. The number of nitrogens with one attached hydrogen (secondary N) is 2. The van der Waals surface area contributed by atoms with Gasteiger partial charge in [-0.2, -0.15) is 4.98 Å². The van der Waals surface area contributed by atoms with E-state index in [0.717, 1.165) is 5.69 Å². The lowest BCUT2D eigenvalue weighted by Crippen LogP contribution is -2.14. The molecule has 120 valence electrons. The average molecular weight is 385 g/mol. The van der Waals surface area contributed by atoms with E-state index in [0.29, 0.717) is 15.9 Å². The summed E-state index contributed by atoms with van der Waals surface area (Å²) < 4.78 is 0.675. The van der Waals surface area contributed by atoms with Crippen molar-refractivity contribution < 1.29 is 9.90 Å². The quantitative estimate of drug-likeness (QED) is 0.633. The molecule has 6 nitrogen and oxygen atoms in total. The van der Waals surface area contributed by atoms with Gasteiger partial charge >= 0.3 is 0 Å². The number of carbonyl (C=O) groups excluding carboxylic acids is 1. The van der Waals surface area contributed by atoms with Crippen molar-refractivity contribution in [2.75, 3.05) is 10.6 Å². The summed E-state index contributed by atoms with van der Waals surface area (Å²) in [6.07, 6.45) is 1.56.